The van der Waals surface area contributed by atoms with Crippen molar-refractivity contribution in [1.82, 2.24) is 5.32 Å². The number of benzene rings is 2. The van der Waals surface area contributed by atoms with Crippen molar-refractivity contribution in [2.24, 2.45) is 5.92 Å². The SMILES string of the molecule is O=C1Nc2ccccc2C1(c1ccccc1)C1CCNCC1. The van der Waals surface area contributed by atoms with Crippen LogP contribution in [0.15, 0.2) is 54.6 Å². The number of piperidine rings is 1. The first-order valence-electron chi connectivity index (χ1n) is 8.00. The van der Waals surface area contributed by atoms with Crippen LogP contribution in [-0.4, -0.2) is 19.0 Å². The molecule has 2 aromatic rings. The van der Waals surface area contributed by atoms with E-state index in [2.05, 4.69) is 28.8 Å². The maximum absolute atomic E-state index is 13.1. The fraction of sp³-hybridized carbons (Fsp3) is 0.316. The Bertz CT molecular complexity index is 692. The predicted octanol–water partition coefficient (Wildman–Crippen LogP) is 2.92. The second-order valence-corrected chi connectivity index (χ2v) is 6.20. The van der Waals surface area contributed by atoms with Gasteiger partial charge in [0.05, 0.1) is 0 Å². The van der Waals surface area contributed by atoms with Crippen molar-refractivity contribution < 1.29 is 4.79 Å². The third kappa shape index (κ3) is 1.82. The first-order chi connectivity index (χ1) is 10.8. The molecule has 0 aliphatic carbocycles. The predicted molar refractivity (Wildman–Crippen MR) is 87.9 cm³/mol. The molecule has 1 atom stereocenters. The lowest BCUT2D eigenvalue weighted by molar-refractivity contribution is -0.121. The zero-order valence-corrected chi connectivity index (χ0v) is 12.5. The van der Waals surface area contributed by atoms with Crippen LogP contribution in [0.5, 0.6) is 0 Å². The molecule has 2 heterocycles. The number of carbonyl (C=O) groups is 1. The van der Waals surface area contributed by atoms with E-state index in [1.165, 1.54) is 0 Å². The molecule has 2 aliphatic rings. The highest BCUT2D eigenvalue weighted by Gasteiger charge is 2.53. The van der Waals surface area contributed by atoms with Crippen LogP contribution in [-0.2, 0) is 10.2 Å². The summed E-state index contributed by atoms with van der Waals surface area (Å²) in [7, 11) is 0. The Labute approximate surface area is 130 Å². The van der Waals surface area contributed by atoms with E-state index in [1.54, 1.807) is 0 Å². The maximum atomic E-state index is 13.1. The number of anilines is 1. The van der Waals surface area contributed by atoms with E-state index in [4.69, 9.17) is 0 Å². The van der Waals surface area contributed by atoms with E-state index >= 15 is 0 Å². The highest BCUT2D eigenvalue weighted by molar-refractivity contribution is 6.09. The van der Waals surface area contributed by atoms with Crippen LogP contribution in [0.4, 0.5) is 5.69 Å². The smallest absolute Gasteiger partial charge is 0.239 e. The van der Waals surface area contributed by atoms with Gasteiger partial charge in [0.1, 0.15) is 5.41 Å². The maximum Gasteiger partial charge on any atom is 0.239 e. The lowest BCUT2D eigenvalue weighted by Gasteiger charge is -2.39. The molecule has 2 N–H and O–H groups in total. The van der Waals surface area contributed by atoms with Crippen molar-refractivity contribution in [1.29, 1.82) is 0 Å². The van der Waals surface area contributed by atoms with Gasteiger partial charge < -0.3 is 10.6 Å². The van der Waals surface area contributed by atoms with Crippen molar-refractivity contribution in [3.63, 3.8) is 0 Å². The van der Waals surface area contributed by atoms with Gasteiger partial charge in [-0.15, -0.1) is 0 Å². The largest absolute Gasteiger partial charge is 0.325 e. The van der Waals surface area contributed by atoms with Crippen molar-refractivity contribution in [3.8, 4) is 0 Å². The zero-order valence-electron chi connectivity index (χ0n) is 12.5. The van der Waals surface area contributed by atoms with E-state index in [9.17, 15) is 4.79 Å². The Balaban J connectivity index is 1.95. The number of carbonyl (C=O) groups excluding carboxylic acids is 1. The van der Waals surface area contributed by atoms with Gasteiger partial charge in [0.15, 0.2) is 0 Å². The molecular formula is C19H20N2O. The molecule has 1 amide bonds. The van der Waals surface area contributed by atoms with E-state index < -0.39 is 5.41 Å². The van der Waals surface area contributed by atoms with Gasteiger partial charge in [-0.1, -0.05) is 48.5 Å². The van der Waals surface area contributed by atoms with Crippen LogP contribution < -0.4 is 10.6 Å². The van der Waals surface area contributed by atoms with Crippen molar-refractivity contribution >= 4 is 11.6 Å². The van der Waals surface area contributed by atoms with E-state index in [0.717, 1.165) is 42.7 Å². The van der Waals surface area contributed by atoms with E-state index in [-0.39, 0.29) is 5.91 Å². The number of hydrogen-bond acceptors (Lipinski definition) is 2. The summed E-state index contributed by atoms with van der Waals surface area (Å²) in [6.07, 6.45) is 2.05. The van der Waals surface area contributed by atoms with Crippen molar-refractivity contribution in [2.75, 3.05) is 18.4 Å². The number of amides is 1. The minimum atomic E-state index is -0.542. The summed E-state index contributed by atoms with van der Waals surface area (Å²) in [4.78, 5) is 13.1. The van der Waals surface area contributed by atoms with Crippen LogP contribution in [0, 0.1) is 5.92 Å². The first-order valence-corrected chi connectivity index (χ1v) is 8.00. The van der Waals surface area contributed by atoms with Crippen LogP contribution in [0.3, 0.4) is 0 Å². The minimum absolute atomic E-state index is 0.131. The number of para-hydroxylation sites is 1. The monoisotopic (exact) mass is 292 g/mol. The Morgan fingerprint density at radius 3 is 2.36 bits per heavy atom. The van der Waals surface area contributed by atoms with Crippen LogP contribution in [0.25, 0.3) is 0 Å². The summed E-state index contributed by atoms with van der Waals surface area (Å²) in [5.41, 5.74) is 2.68. The third-order valence-corrected chi connectivity index (χ3v) is 5.14. The van der Waals surface area contributed by atoms with E-state index in [1.807, 2.05) is 36.4 Å². The van der Waals surface area contributed by atoms with Crippen LogP contribution >= 0.6 is 0 Å². The van der Waals surface area contributed by atoms with Gasteiger partial charge in [0.25, 0.3) is 0 Å². The van der Waals surface area contributed by atoms with Crippen molar-refractivity contribution in [3.05, 3.63) is 65.7 Å². The number of nitrogens with one attached hydrogen (secondary N) is 2. The second-order valence-electron chi connectivity index (χ2n) is 6.20. The lowest BCUT2D eigenvalue weighted by atomic mass is 9.63. The molecule has 1 saturated heterocycles. The lowest BCUT2D eigenvalue weighted by Crippen LogP contribution is -2.47. The summed E-state index contributed by atoms with van der Waals surface area (Å²) in [6.45, 7) is 1.96. The molecule has 2 aliphatic heterocycles. The molecule has 0 spiro atoms. The van der Waals surface area contributed by atoms with Gasteiger partial charge in [-0.05, 0) is 49.0 Å². The van der Waals surface area contributed by atoms with Crippen LogP contribution in [0.2, 0.25) is 0 Å². The summed E-state index contributed by atoms with van der Waals surface area (Å²) in [6, 6.07) is 18.4. The molecule has 0 radical (unpaired) electrons. The molecule has 3 nitrogen and oxygen atoms in total. The van der Waals surface area contributed by atoms with Gasteiger partial charge in [-0.2, -0.15) is 0 Å². The summed E-state index contributed by atoms with van der Waals surface area (Å²) in [5, 5.41) is 6.54. The average Bonchev–Trinajstić information content (AvgIpc) is 2.89. The summed E-state index contributed by atoms with van der Waals surface area (Å²) >= 11 is 0. The second kappa shape index (κ2) is 5.25. The molecule has 112 valence electrons. The quantitative estimate of drug-likeness (QED) is 0.893. The molecule has 2 aromatic carbocycles. The molecule has 0 saturated carbocycles. The molecular weight excluding hydrogens is 272 g/mol. The highest BCUT2D eigenvalue weighted by Crippen LogP contribution is 2.50. The Morgan fingerprint density at radius 1 is 0.909 bits per heavy atom. The number of hydrogen-bond donors (Lipinski definition) is 2. The molecule has 3 heteroatoms. The molecule has 1 unspecified atom stereocenters. The summed E-state index contributed by atoms with van der Waals surface area (Å²) < 4.78 is 0. The fourth-order valence-corrected chi connectivity index (χ4v) is 4.16. The molecule has 4 rings (SSSR count). The Kier molecular flexibility index (Phi) is 3.23. The number of fused-ring (bicyclic) bond motifs is 1. The van der Waals surface area contributed by atoms with Gasteiger partial charge in [-0.25, -0.2) is 0 Å². The molecule has 0 aromatic heterocycles. The van der Waals surface area contributed by atoms with Gasteiger partial charge in [0, 0.05) is 5.69 Å². The third-order valence-electron chi connectivity index (χ3n) is 5.14. The Hall–Kier alpha value is -2.13. The van der Waals surface area contributed by atoms with Gasteiger partial charge in [-0.3, -0.25) is 4.79 Å². The van der Waals surface area contributed by atoms with E-state index in [0.29, 0.717) is 5.92 Å². The topological polar surface area (TPSA) is 41.1 Å². The molecule has 1 fully saturated rings. The van der Waals surface area contributed by atoms with Crippen molar-refractivity contribution in [2.45, 2.75) is 18.3 Å². The number of rotatable bonds is 2. The molecule has 0 bridgehead atoms. The molecule has 22 heavy (non-hydrogen) atoms. The van der Waals surface area contributed by atoms with Gasteiger partial charge in [0.2, 0.25) is 5.91 Å². The summed E-state index contributed by atoms with van der Waals surface area (Å²) in [5.74, 6) is 0.464. The normalized spacial score (nSPS) is 24.8. The highest BCUT2D eigenvalue weighted by atomic mass is 16.2. The Morgan fingerprint density at radius 2 is 1.59 bits per heavy atom. The first kappa shape index (κ1) is 13.5. The zero-order chi connectivity index (χ0) is 15.0. The minimum Gasteiger partial charge on any atom is -0.325 e. The fourth-order valence-electron chi connectivity index (χ4n) is 4.16. The van der Waals surface area contributed by atoms with Gasteiger partial charge >= 0.3 is 0 Å². The standard InChI is InChI=1S/C19H20N2O/c22-18-19(14-6-2-1-3-7-14,15-10-12-20-13-11-15)16-8-4-5-9-17(16)21-18/h1-9,15,20H,10-13H2,(H,21,22). The van der Waals surface area contributed by atoms with Crippen LogP contribution in [0.1, 0.15) is 24.0 Å². The average molecular weight is 292 g/mol.